The van der Waals surface area contributed by atoms with Gasteiger partial charge in [-0.1, -0.05) is 0 Å². The summed E-state index contributed by atoms with van der Waals surface area (Å²) in [4.78, 5) is 0. The molecule has 11 heteroatoms. The minimum absolute atomic E-state index is 0. The van der Waals surface area contributed by atoms with Gasteiger partial charge in [0.25, 0.3) is 0 Å². The molecule has 0 heterocycles. The van der Waals surface area contributed by atoms with E-state index in [-0.39, 0.29) is 234 Å². The third-order valence-electron chi connectivity index (χ3n) is 0. The van der Waals surface area contributed by atoms with Crippen molar-refractivity contribution in [2.75, 3.05) is 0 Å². The molecule has 0 atom stereocenters. The van der Waals surface area contributed by atoms with Gasteiger partial charge in [-0.3, -0.25) is 0 Å². The molecule has 30 valence electrons. The predicted molar refractivity (Wildman–Crippen MR) is 63.3 cm³/mol. The summed E-state index contributed by atoms with van der Waals surface area (Å²) in [5, 5.41) is 0. The Morgan fingerprint density at radius 3 is 0.364 bits per heavy atom. The Bertz CT molecular complexity index is 17.3. The van der Waals surface area contributed by atoms with Gasteiger partial charge < -0.3 is 0 Å². The zero-order chi connectivity index (χ0) is 4.00. The molecule has 0 aromatic rings. The molecule has 0 aliphatic heterocycles. The second-order valence-corrected chi connectivity index (χ2v) is 0. The Balaban J connectivity index is -0.000000000635. The fourth-order valence-corrected chi connectivity index (χ4v) is 0. The van der Waals surface area contributed by atoms with E-state index in [1.54, 1.807) is 0 Å². The van der Waals surface area contributed by atoms with Crippen LogP contribution in [0.25, 0.3) is 0 Å². The van der Waals surface area contributed by atoms with E-state index in [0.29, 0.717) is 0 Å². The third kappa shape index (κ3) is 64.5. The van der Waals surface area contributed by atoms with Gasteiger partial charge in [0, 0.05) is 234 Å². The van der Waals surface area contributed by atoms with Gasteiger partial charge in [-0.15, -0.1) is 0 Å². The van der Waals surface area contributed by atoms with Crippen LogP contribution in [0.1, 0.15) is 0 Å². The molecule has 0 aromatic carbocycles. The minimum atomic E-state index is 0. The maximum atomic E-state index is 2.00. The molecule has 0 aliphatic rings. The van der Waals surface area contributed by atoms with E-state index in [1.165, 1.54) is 0 Å². The summed E-state index contributed by atoms with van der Waals surface area (Å²) in [6.07, 6.45) is 0. The molecule has 0 unspecified atom stereocenters. The first-order chi connectivity index (χ1) is 2.00. The Labute approximate surface area is 285 Å². The van der Waals surface area contributed by atoms with Crippen molar-refractivity contribution in [3.63, 3.8) is 0 Å². The molecule has 0 aromatic heterocycles. The predicted octanol–water partition coefficient (Wildman–Crippen LogP) is -4.19. The number of rotatable bonds is 0. The smallest absolute Gasteiger partial charge is 0 e. The van der Waals surface area contributed by atoms with Gasteiger partial charge in [0.1, 0.15) is 0 Å². The average molecular weight is 778 g/mol. The molecule has 0 rings (SSSR count). The third-order valence-corrected chi connectivity index (χ3v) is 0. The van der Waals surface area contributed by atoms with Crippen LogP contribution in [-0.2, 0) is 0 Å². The van der Waals surface area contributed by atoms with Crippen molar-refractivity contribution >= 4 is 296 Å². The van der Waals surface area contributed by atoms with Crippen LogP contribution in [0.4, 0.5) is 0 Å². The fraction of sp³-hybridized carbons (Fsp3) is 0. The van der Waals surface area contributed by atoms with Crippen molar-refractivity contribution in [3.8, 4) is 0 Å². The minimum Gasteiger partial charge on any atom is 0 e. The summed E-state index contributed by atoms with van der Waals surface area (Å²) in [7, 11) is 0. The maximum absolute atomic E-state index is 2.00. The summed E-state index contributed by atoms with van der Waals surface area (Å²) in [6.45, 7) is 0. The first-order valence-corrected chi connectivity index (χ1v) is 2.00. The van der Waals surface area contributed by atoms with Crippen LogP contribution in [0, 0.1) is 0 Å². The van der Waals surface area contributed by atoms with E-state index < -0.39 is 0 Å². The maximum Gasteiger partial charge on any atom is 0 e. The topological polar surface area (TPSA) is 0 Å². The summed E-state index contributed by atoms with van der Waals surface area (Å²) in [5.41, 5.74) is 0. The van der Waals surface area contributed by atoms with Crippen molar-refractivity contribution in [1.82, 2.24) is 0 Å². The fourth-order valence-electron chi connectivity index (χ4n) is 0. The van der Waals surface area contributed by atoms with E-state index in [2.05, 4.69) is 0 Å². The molecule has 0 amide bonds. The SMILES string of the molecule is [Li][Li].[Li][Li].[Sb].[Sb].[Sb].[Sb].[Sr].[Sr].[Sr]. The van der Waals surface area contributed by atoms with Crippen molar-refractivity contribution in [2.45, 2.75) is 0 Å². The van der Waals surface area contributed by atoms with Crippen LogP contribution >= 0.6 is 0 Å². The molecule has 0 saturated carbocycles. The molecule has 0 aliphatic carbocycles. The molecule has 11 heavy (non-hydrogen) atoms. The summed E-state index contributed by atoms with van der Waals surface area (Å²) in [6, 6.07) is 0. The Morgan fingerprint density at radius 1 is 0.364 bits per heavy atom. The monoisotopic (exact) mass is 775 g/mol. The zero-order valence-electron chi connectivity index (χ0n) is 7.91. The van der Waals surface area contributed by atoms with Crippen LogP contribution in [0.3, 0.4) is 0 Å². The quantitative estimate of drug-likeness (QED) is 0.220. The molecule has 0 spiro atoms. The average Bonchev–Trinajstić information content (AvgIpc) is 1.50. The second kappa shape index (κ2) is 71.9. The Hall–Kier alpha value is 10.1. The Kier molecular flexibility index (Phi) is 380. The van der Waals surface area contributed by atoms with Crippen molar-refractivity contribution in [3.05, 3.63) is 0 Å². The normalized spacial score (nSPS) is 1.45. The van der Waals surface area contributed by atoms with E-state index in [9.17, 15) is 0 Å². The van der Waals surface area contributed by atoms with Gasteiger partial charge >= 0.3 is 61.6 Å². The standard InChI is InChI=1S/4Li.4Sb.3Sr. The molecule has 0 saturated heterocycles. The number of hydrogen-bond donors (Lipinski definition) is 0. The summed E-state index contributed by atoms with van der Waals surface area (Å²) in [5.74, 6) is 0. The second-order valence-electron chi connectivity index (χ2n) is 0. The van der Waals surface area contributed by atoms with Gasteiger partial charge in [-0.2, -0.15) is 0 Å². The van der Waals surface area contributed by atoms with Crippen LogP contribution < -0.4 is 0 Å². The van der Waals surface area contributed by atoms with Gasteiger partial charge in [0.2, 0.25) is 0 Å². The number of hydrogen-bond acceptors (Lipinski definition) is 0. The first-order valence-electron chi connectivity index (χ1n) is 2.00. The van der Waals surface area contributed by atoms with Gasteiger partial charge in [0.15, 0.2) is 0 Å². The van der Waals surface area contributed by atoms with E-state index in [4.69, 9.17) is 0 Å². The van der Waals surface area contributed by atoms with Crippen LogP contribution in [0.2, 0.25) is 0 Å². The summed E-state index contributed by atoms with van der Waals surface area (Å²) >= 11 is 8.00. The van der Waals surface area contributed by atoms with Crippen LogP contribution in [0.5, 0.6) is 0 Å². The van der Waals surface area contributed by atoms with E-state index in [0.717, 1.165) is 0 Å². The van der Waals surface area contributed by atoms with Gasteiger partial charge in [-0.05, 0) is 0 Å². The van der Waals surface area contributed by atoms with Crippen LogP contribution in [-0.4, -0.2) is 296 Å². The molecular formula is Li4Sb4Sr3. The molecule has 0 nitrogen and oxygen atoms in total. The molecule has 0 N–H and O–H groups in total. The van der Waals surface area contributed by atoms with Gasteiger partial charge in [-0.25, -0.2) is 0 Å². The Morgan fingerprint density at radius 2 is 0.364 bits per heavy atom. The molecule has 0 fully saturated rings. The first kappa shape index (κ1) is 58.2. The van der Waals surface area contributed by atoms with Crippen LogP contribution in [0.15, 0.2) is 0 Å². The van der Waals surface area contributed by atoms with Crippen molar-refractivity contribution in [1.29, 1.82) is 0 Å². The zero-order valence-corrected chi connectivity index (χ0v) is 28.5. The summed E-state index contributed by atoms with van der Waals surface area (Å²) < 4.78 is 0. The van der Waals surface area contributed by atoms with E-state index in [1.807, 2.05) is 61.6 Å². The molecule has 18 radical (unpaired) electrons. The molecule has 0 bridgehead atoms. The molecular weight excluding hydrogens is 778 g/mol. The van der Waals surface area contributed by atoms with Crippen molar-refractivity contribution in [2.24, 2.45) is 0 Å². The largest absolute Gasteiger partial charge is 0 e. The van der Waals surface area contributed by atoms with Gasteiger partial charge in [0.05, 0.1) is 0 Å². The van der Waals surface area contributed by atoms with E-state index >= 15 is 0 Å². The van der Waals surface area contributed by atoms with Crippen molar-refractivity contribution < 1.29 is 0 Å².